The second kappa shape index (κ2) is 7.16. The van der Waals surface area contributed by atoms with Crippen LogP contribution in [-0.2, 0) is 17.8 Å². The first kappa shape index (κ1) is 16.6. The number of hydrogen-bond acceptors (Lipinski definition) is 2. The van der Waals surface area contributed by atoms with Crippen LogP contribution in [0, 0.1) is 6.92 Å². The number of rotatable bonds is 4. The van der Waals surface area contributed by atoms with Crippen LogP contribution in [0.15, 0.2) is 60.8 Å². The normalized spacial score (nSPS) is 14.7. The molecule has 0 radical (unpaired) electrons. The molecule has 4 heteroatoms. The lowest BCUT2D eigenvalue weighted by Crippen LogP contribution is -2.36. The maximum absolute atomic E-state index is 13.1. The third kappa shape index (κ3) is 3.27. The number of fused-ring (bicyclic) bond motifs is 1. The molecule has 0 fully saturated rings. The Balaban J connectivity index is 1.59. The van der Waals surface area contributed by atoms with Crippen molar-refractivity contribution in [1.82, 2.24) is 15.1 Å². The highest BCUT2D eigenvalue weighted by atomic mass is 16.2. The number of carbonyl (C=O) groups is 1. The van der Waals surface area contributed by atoms with Crippen LogP contribution in [-0.4, -0.2) is 27.5 Å². The third-order valence-corrected chi connectivity index (χ3v) is 5.30. The van der Waals surface area contributed by atoms with Gasteiger partial charge in [0.15, 0.2) is 0 Å². The highest BCUT2D eigenvalue weighted by Gasteiger charge is 2.26. The molecular formula is C22H23N3O. The van der Waals surface area contributed by atoms with Crippen molar-refractivity contribution in [2.45, 2.75) is 32.2 Å². The van der Waals surface area contributed by atoms with Crippen molar-refractivity contribution in [2.24, 2.45) is 0 Å². The maximum Gasteiger partial charge on any atom is 0.223 e. The smallest absolute Gasteiger partial charge is 0.223 e. The van der Waals surface area contributed by atoms with E-state index in [0.29, 0.717) is 13.0 Å². The number of amides is 1. The molecule has 1 aromatic heterocycles. The first-order chi connectivity index (χ1) is 12.7. The number of nitrogens with zero attached hydrogens (tertiary/aromatic N) is 2. The molecule has 0 aliphatic carbocycles. The van der Waals surface area contributed by atoms with Gasteiger partial charge in [0.25, 0.3) is 0 Å². The zero-order valence-corrected chi connectivity index (χ0v) is 15.0. The number of benzene rings is 2. The van der Waals surface area contributed by atoms with E-state index in [4.69, 9.17) is 0 Å². The number of aromatic amines is 1. The number of aromatic nitrogens is 2. The molecule has 1 amide bonds. The van der Waals surface area contributed by atoms with Gasteiger partial charge in [0.1, 0.15) is 0 Å². The highest BCUT2D eigenvalue weighted by Crippen LogP contribution is 2.31. The minimum Gasteiger partial charge on any atom is -0.338 e. The average Bonchev–Trinajstić information content (AvgIpc) is 3.15. The number of H-pyrrole nitrogens is 1. The molecule has 0 unspecified atom stereocenters. The lowest BCUT2D eigenvalue weighted by atomic mass is 9.85. The second-order valence-corrected chi connectivity index (χ2v) is 6.96. The van der Waals surface area contributed by atoms with E-state index in [1.165, 1.54) is 16.7 Å². The molecule has 26 heavy (non-hydrogen) atoms. The Bertz CT molecular complexity index is 901. The van der Waals surface area contributed by atoms with Crippen LogP contribution in [0.5, 0.6) is 0 Å². The monoisotopic (exact) mass is 345 g/mol. The minimum absolute atomic E-state index is 0.0793. The molecule has 4 nitrogen and oxygen atoms in total. The van der Waals surface area contributed by atoms with Gasteiger partial charge in [-0.2, -0.15) is 5.10 Å². The van der Waals surface area contributed by atoms with Crippen molar-refractivity contribution in [3.05, 3.63) is 88.7 Å². The third-order valence-electron chi connectivity index (χ3n) is 5.30. The van der Waals surface area contributed by atoms with Crippen LogP contribution in [0.4, 0.5) is 0 Å². The summed E-state index contributed by atoms with van der Waals surface area (Å²) in [6.45, 7) is 3.53. The standard InChI is InChI=1S/C22H23N3O/c1-16-7-5-6-10-19(16)20(17-8-3-2-4-9-17)13-22(26)25-12-11-21-18(15-25)14-23-24-21/h2-10,14,20H,11-13,15H2,1H3,(H,23,24)/t20-/m1/s1. The molecule has 1 aliphatic heterocycles. The predicted molar refractivity (Wildman–Crippen MR) is 102 cm³/mol. The van der Waals surface area contributed by atoms with Gasteiger partial charge in [-0.15, -0.1) is 0 Å². The molecule has 4 rings (SSSR count). The van der Waals surface area contributed by atoms with E-state index in [1.54, 1.807) is 0 Å². The molecule has 0 saturated heterocycles. The van der Waals surface area contributed by atoms with Crippen LogP contribution >= 0.6 is 0 Å². The summed E-state index contributed by atoms with van der Waals surface area (Å²) in [6.07, 6.45) is 3.17. The molecule has 2 heterocycles. The van der Waals surface area contributed by atoms with E-state index < -0.39 is 0 Å². The largest absolute Gasteiger partial charge is 0.338 e. The highest BCUT2D eigenvalue weighted by molar-refractivity contribution is 5.78. The predicted octanol–water partition coefficient (Wildman–Crippen LogP) is 3.83. The molecule has 0 saturated carbocycles. The molecule has 132 valence electrons. The molecule has 0 bridgehead atoms. The van der Waals surface area contributed by atoms with Gasteiger partial charge in [0.05, 0.1) is 6.20 Å². The van der Waals surface area contributed by atoms with E-state index in [0.717, 1.165) is 24.2 Å². The van der Waals surface area contributed by atoms with Crippen LogP contribution in [0.3, 0.4) is 0 Å². The summed E-state index contributed by atoms with van der Waals surface area (Å²) in [6, 6.07) is 18.7. The summed E-state index contributed by atoms with van der Waals surface area (Å²) in [5.41, 5.74) is 5.94. The average molecular weight is 345 g/mol. The van der Waals surface area contributed by atoms with Crippen molar-refractivity contribution in [3.8, 4) is 0 Å². The summed E-state index contributed by atoms with van der Waals surface area (Å²) in [5, 5.41) is 7.13. The van der Waals surface area contributed by atoms with Crippen molar-refractivity contribution in [1.29, 1.82) is 0 Å². The van der Waals surface area contributed by atoms with Gasteiger partial charge < -0.3 is 4.90 Å². The van der Waals surface area contributed by atoms with Gasteiger partial charge in [-0.1, -0.05) is 54.6 Å². The Morgan fingerprint density at radius 1 is 1.15 bits per heavy atom. The first-order valence-corrected chi connectivity index (χ1v) is 9.11. The Labute approximate surface area is 153 Å². The van der Waals surface area contributed by atoms with Crippen LogP contribution in [0.2, 0.25) is 0 Å². The Morgan fingerprint density at radius 2 is 1.92 bits per heavy atom. The minimum atomic E-state index is 0.0793. The van der Waals surface area contributed by atoms with Gasteiger partial charge in [-0.3, -0.25) is 9.89 Å². The van der Waals surface area contributed by atoms with Gasteiger partial charge in [-0.25, -0.2) is 0 Å². The molecule has 0 spiro atoms. The van der Waals surface area contributed by atoms with Crippen molar-refractivity contribution in [2.75, 3.05) is 6.54 Å². The number of hydrogen-bond donors (Lipinski definition) is 1. The molecule has 1 atom stereocenters. The lowest BCUT2D eigenvalue weighted by molar-refractivity contribution is -0.132. The number of carbonyl (C=O) groups excluding carboxylic acids is 1. The fourth-order valence-electron chi connectivity index (χ4n) is 3.81. The summed E-state index contributed by atoms with van der Waals surface area (Å²) >= 11 is 0. The molecular weight excluding hydrogens is 322 g/mol. The van der Waals surface area contributed by atoms with Crippen molar-refractivity contribution >= 4 is 5.91 Å². The summed E-state index contributed by atoms with van der Waals surface area (Å²) in [4.78, 5) is 15.1. The van der Waals surface area contributed by atoms with E-state index in [1.807, 2.05) is 35.4 Å². The van der Waals surface area contributed by atoms with E-state index in [9.17, 15) is 4.79 Å². The quantitative estimate of drug-likeness (QED) is 0.781. The first-order valence-electron chi connectivity index (χ1n) is 9.11. The van der Waals surface area contributed by atoms with E-state index >= 15 is 0 Å². The molecule has 3 aromatic rings. The topological polar surface area (TPSA) is 49.0 Å². The van der Waals surface area contributed by atoms with Crippen molar-refractivity contribution in [3.63, 3.8) is 0 Å². The molecule has 1 N–H and O–H groups in total. The van der Waals surface area contributed by atoms with Crippen molar-refractivity contribution < 1.29 is 4.79 Å². The zero-order valence-electron chi connectivity index (χ0n) is 15.0. The van der Waals surface area contributed by atoms with Gasteiger partial charge in [0.2, 0.25) is 5.91 Å². The number of nitrogens with one attached hydrogen (secondary N) is 1. The van der Waals surface area contributed by atoms with Crippen LogP contribution < -0.4 is 0 Å². The second-order valence-electron chi connectivity index (χ2n) is 6.96. The SMILES string of the molecule is Cc1ccccc1[C@H](CC(=O)N1CCc2[nH]ncc2C1)c1ccccc1. The Morgan fingerprint density at radius 3 is 2.73 bits per heavy atom. The maximum atomic E-state index is 13.1. The van der Waals surface area contributed by atoms with Gasteiger partial charge >= 0.3 is 0 Å². The van der Waals surface area contributed by atoms with Gasteiger partial charge in [-0.05, 0) is 23.6 Å². The summed E-state index contributed by atoms with van der Waals surface area (Å²) < 4.78 is 0. The van der Waals surface area contributed by atoms with Gasteiger partial charge in [0, 0.05) is 43.1 Å². The number of aryl methyl sites for hydroxylation is 1. The molecule has 2 aromatic carbocycles. The fraction of sp³-hybridized carbons (Fsp3) is 0.273. The summed E-state index contributed by atoms with van der Waals surface area (Å²) in [7, 11) is 0. The summed E-state index contributed by atoms with van der Waals surface area (Å²) in [5.74, 6) is 0.282. The zero-order chi connectivity index (χ0) is 17.9. The van der Waals surface area contributed by atoms with Crippen LogP contribution in [0.25, 0.3) is 0 Å². The Kier molecular flexibility index (Phi) is 4.57. The van der Waals surface area contributed by atoms with E-state index in [-0.39, 0.29) is 11.8 Å². The fourth-order valence-corrected chi connectivity index (χ4v) is 3.81. The van der Waals surface area contributed by atoms with Crippen LogP contribution in [0.1, 0.15) is 40.3 Å². The lowest BCUT2D eigenvalue weighted by Gasteiger charge is -2.29. The van der Waals surface area contributed by atoms with E-state index in [2.05, 4.69) is 47.5 Å². The molecule has 1 aliphatic rings. The Hall–Kier alpha value is -2.88.